The van der Waals surface area contributed by atoms with Crippen LogP contribution in [0.1, 0.15) is 13.3 Å². The Morgan fingerprint density at radius 1 is 1.38 bits per heavy atom. The Balaban J connectivity index is 2.78. The van der Waals surface area contributed by atoms with Gasteiger partial charge in [-0.15, -0.1) is 0 Å². The summed E-state index contributed by atoms with van der Waals surface area (Å²) in [6, 6.07) is 4.64. The molecule has 0 saturated carbocycles. The van der Waals surface area contributed by atoms with Gasteiger partial charge in [0, 0.05) is 19.2 Å². The van der Waals surface area contributed by atoms with Crippen molar-refractivity contribution in [1.82, 2.24) is 0 Å². The lowest BCUT2D eigenvalue weighted by Crippen LogP contribution is -2.24. The fourth-order valence-corrected chi connectivity index (χ4v) is 1.47. The van der Waals surface area contributed by atoms with E-state index in [-0.39, 0.29) is 11.9 Å². The summed E-state index contributed by atoms with van der Waals surface area (Å²) in [5.41, 5.74) is 0.785. The number of hydrogen-bond donors (Lipinski definition) is 1. The normalized spacial score (nSPS) is 12.2. The van der Waals surface area contributed by atoms with Gasteiger partial charge in [0.15, 0.2) is 0 Å². The van der Waals surface area contributed by atoms with Crippen molar-refractivity contribution in [3.05, 3.63) is 24.0 Å². The van der Waals surface area contributed by atoms with E-state index in [4.69, 9.17) is 9.47 Å². The Morgan fingerprint density at radius 3 is 2.69 bits per heavy atom. The first-order valence-corrected chi connectivity index (χ1v) is 5.30. The highest BCUT2D eigenvalue weighted by Gasteiger charge is 2.09. The number of benzene rings is 1. The van der Waals surface area contributed by atoms with Crippen LogP contribution >= 0.6 is 0 Å². The van der Waals surface area contributed by atoms with Gasteiger partial charge in [0.2, 0.25) is 0 Å². The van der Waals surface area contributed by atoms with Crippen LogP contribution in [-0.2, 0) is 4.74 Å². The van der Waals surface area contributed by atoms with Crippen molar-refractivity contribution in [3.63, 3.8) is 0 Å². The average molecular weight is 227 g/mol. The van der Waals surface area contributed by atoms with E-state index in [1.54, 1.807) is 13.2 Å². The smallest absolute Gasteiger partial charge is 0.144 e. The zero-order chi connectivity index (χ0) is 12.0. The largest absolute Gasteiger partial charge is 0.494 e. The molecule has 0 aliphatic rings. The monoisotopic (exact) mass is 227 g/mol. The first kappa shape index (κ1) is 12.8. The van der Waals surface area contributed by atoms with Crippen LogP contribution in [0.25, 0.3) is 0 Å². The summed E-state index contributed by atoms with van der Waals surface area (Å²) in [4.78, 5) is 0. The maximum absolute atomic E-state index is 13.0. The predicted octanol–water partition coefficient (Wildman–Crippen LogP) is 2.67. The molecule has 1 atom stereocenters. The zero-order valence-corrected chi connectivity index (χ0v) is 9.92. The molecule has 0 spiro atoms. The van der Waals surface area contributed by atoms with Crippen molar-refractivity contribution in [2.24, 2.45) is 0 Å². The van der Waals surface area contributed by atoms with Gasteiger partial charge in [0.25, 0.3) is 0 Å². The Kier molecular flexibility index (Phi) is 5.05. The lowest BCUT2D eigenvalue weighted by atomic mass is 10.2. The molecule has 1 rings (SSSR count). The molecule has 0 amide bonds. The van der Waals surface area contributed by atoms with E-state index < -0.39 is 0 Å². The SMILES string of the molecule is CCC(COC)Nc1ccc(F)cc1OC. The van der Waals surface area contributed by atoms with Gasteiger partial charge in [-0.2, -0.15) is 0 Å². The maximum atomic E-state index is 13.0. The van der Waals surface area contributed by atoms with E-state index >= 15 is 0 Å². The fraction of sp³-hybridized carbons (Fsp3) is 0.500. The third kappa shape index (κ3) is 3.38. The molecular formula is C12H18FNO2. The van der Waals surface area contributed by atoms with Gasteiger partial charge in [-0.3, -0.25) is 0 Å². The number of rotatable bonds is 6. The Bertz CT molecular complexity index is 331. The predicted molar refractivity (Wildman–Crippen MR) is 62.5 cm³/mol. The van der Waals surface area contributed by atoms with Crippen molar-refractivity contribution in [2.45, 2.75) is 19.4 Å². The maximum Gasteiger partial charge on any atom is 0.144 e. The lowest BCUT2D eigenvalue weighted by molar-refractivity contribution is 0.184. The second-order valence-electron chi connectivity index (χ2n) is 3.55. The molecule has 90 valence electrons. The van der Waals surface area contributed by atoms with E-state index in [2.05, 4.69) is 12.2 Å². The number of ether oxygens (including phenoxy) is 2. The zero-order valence-electron chi connectivity index (χ0n) is 9.92. The first-order valence-electron chi connectivity index (χ1n) is 5.30. The van der Waals surface area contributed by atoms with Crippen LogP contribution < -0.4 is 10.1 Å². The second-order valence-corrected chi connectivity index (χ2v) is 3.55. The van der Waals surface area contributed by atoms with Gasteiger partial charge in [-0.05, 0) is 18.6 Å². The summed E-state index contributed by atoms with van der Waals surface area (Å²) in [7, 11) is 3.18. The minimum Gasteiger partial charge on any atom is -0.494 e. The third-order valence-electron chi connectivity index (χ3n) is 2.38. The molecule has 0 aromatic heterocycles. The molecule has 1 unspecified atom stereocenters. The van der Waals surface area contributed by atoms with Gasteiger partial charge in [0.05, 0.1) is 19.4 Å². The summed E-state index contributed by atoms with van der Waals surface area (Å²) in [5, 5.41) is 3.26. The minimum atomic E-state index is -0.304. The number of anilines is 1. The van der Waals surface area contributed by atoms with Crippen LogP contribution in [0.5, 0.6) is 5.75 Å². The van der Waals surface area contributed by atoms with Gasteiger partial charge in [-0.1, -0.05) is 6.92 Å². The molecule has 1 aromatic rings. The standard InChI is InChI=1S/C12H18FNO2/c1-4-10(8-15-2)14-11-6-5-9(13)7-12(11)16-3/h5-7,10,14H,4,8H2,1-3H3. The highest BCUT2D eigenvalue weighted by molar-refractivity contribution is 5.57. The van der Waals surface area contributed by atoms with Crippen LogP contribution in [0.2, 0.25) is 0 Å². The molecule has 0 bridgehead atoms. The quantitative estimate of drug-likeness (QED) is 0.810. The van der Waals surface area contributed by atoms with Crippen LogP contribution in [0.4, 0.5) is 10.1 Å². The molecule has 1 N–H and O–H groups in total. The van der Waals surface area contributed by atoms with Crippen molar-refractivity contribution in [2.75, 3.05) is 26.1 Å². The lowest BCUT2D eigenvalue weighted by Gasteiger charge is -2.19. The summed E-state index contributed by atoms with van der Waals surface area (Å²) in [6.07, 6.45) is 0.925. The Morgan fingerprint density at radius 2 is 2.12 bits per heavy atom. The molecule has 3 nitrogen and oxygen atoms in total. The topological polar surface area (TPSA) is 30.5 Å². The van der Waals surface area contributed by atoms with Gasteiger partial charge in [0.1, 0.15) is 11.6 Å². The Labute approximate surface area is 95.6 Å². The van der Waals surface area contributed by atoms with E-state index in [0.717, 1.165) is 12.1 Å². The number of hydrogen-bond acceptors (Lipinski definition) is 3. The second kappa shape index (κ2) is 6.33. The minimum absolute atomic E-state index is 0.198. The molecule has 0 heterocycles. The summed E-state index contributed by atoms with van der Waals surface area (Å²) >= 11 is 0. The van der Waals surface area contributed by atoms with Gasteiger partial charge < -0.3 is 14.8 Å². The van der Waals surface area contributed by atoms with E-state index in [0.29, 0.717) is 12.4 Å². The number of halogens is 1. The van der Waals surface area contributed by atoms with Crippen LogP contribution in [0.3, 0.4) is 0 Å². The van der Waals surface area contributed by atoms with Crippen LogP contribution in [0, 0.1) is 5.82 Å². The fourth-order valence-electron chi connectivity index (χ4n) is 1.47. The molecule has 0 radical (unpaired) electrons. The molecule has 0 aliphatic carbocycles. The number of nitrogens with one attached hydrogen (secondary N) is 1. The van der Waals surface area contributed by atoms with Crippen molar-refractivity contribution in [1.29, 1.82) is 0 Å². The highest BCUT2D eigenvalue weighted by atomic mass is 19.1. The van der Waals surface area contributed by atoms with Gasteiger partial charge >= 0.3 is 0 Å². The highest BCUT2D eigenvalue weighted by Crippen LogP contribution is 2.25. The summed E-state index contributed by atoms with van der Waals surface area (Å²) in [5.74, 6) is 0.205. The molecule has 0 aliphatic heterocycles. The molecule has 16 heavy (non-hydrogen) atoms. The van der Waals surface area contributed by atoms with Crippen molar-refractivity contribution >= 4 is 5.69 Å². The van der Waals surface area contributed by atoms with Gasteiger partial charge in [-0.25, -0.2) is 4.39 Å². The van der Waals surface area contributed by atoms with E-state index in [1.165, 1.54) is 19.2 Å². The van der Waals surface area contributed by atoms with E-state index in [9.17, 15) is 4.39 Å². The average Bonchev–Trinajstić information content (AvgIpc) is 2.30. The van der Waals surface area contributed by atoms with Crippen LogP contribution in [-0.4, -0.2) is 26.9 Å². The number of methoxy groups -OCH3 is 2. The summed E-state index contributed by atoms with van der Waals surface area (Å²) in [6.45, 7) is 2.67. The van der Waals surface area contributed by atoms with E-state index in [1.807, 2.05) is 0 Å². The molecule has 4 heteroatoms. The summed E-state index contributed by atoms with van der Waals surface area (Å²) < 4.78 is 23.2. The molecule has 0 fully saturated rings. The van der Waals surface area contributed by atoms with Crippen molar-refractivity contribution in [3.8, 4) is 5.75 Å². The van der Waals surface area contributed by atoms with Crippen molar-refractivity contribution < 1.29 is 13.9 Å². The van der Waals surface area contributed by atoms with Crippen LogP contribution in [0.15, 0.2) is 18.2 Å². The Hall–Kier alpha value is -1.29. The molecule has 1 aromatic carbocycles. The molecule has 0 saturated heterocycles. The molecular weight excluding hydrogens is 209 g/mol. The first-order chi connectivity index (χ1) is 7.71. The third-order valence-corrected chi connectivity index (χ3v) is 2.38.